The summed E-state index contributed by atoms with van der Waals surface area (Å²) in [4.78, 5) is 30.5. The molecule has 0 atom stereocenters. The van der Waals surface area contributed by atoms with Crippen molar-refractivity contribution in [2.45, 2.75) is 6.92 Å². The van der Waals surface area contributed by atoms with Crippen LogP contribution in [0.25, 0.3) is 10.2 Å². The summed E-state index contributed by atoms with van der Waals surface area (Å²) in [6.45, 7) is 1.85. The van der Waals surface area contributed by atoms with Gasteiger partial charge in [-0.05, 0) is 25.1 Å². The van der Waals surface area contributed by atoms with Crippen LogP contribution >= 0.6 is 11.3 Å². The molecular formula is C17H19N5O3S. The van der Waals surface area contributed by atoms with Crippen molar-refractivity contribution in [1.82, 2.24) is 19.7 Å². The van der Waals surface area contributed by atoms with Gasteiger partial charge in [0.25, 0.3) is 5.91 Å². The lowest BCUT2D eigenvalue weighted by Gasteiger charge is -2.16. The van der Waals surface area contributed by atoms with Crippen LogP contribution in [0.1, 0.15) is 15.4 Å². The summed E-state index contributed by atoms with van der Waals surface area (Å²) >= 11 is 1.60. The number of nitrogens with zero attached hydrogens (tertiary/aromatic N) is 4. The van der Waals surface area contributed by atoms with Crippen LogP contribution in [0.5, 0.6) is 5.88 Å². The molecule has 1 N–H and O–H groups in total. The van der Waals surface area contributed by atoms with E-state index in [0.717, 1.165) is 15.2 Å². The number of likely N-dealkylation sites (N-methyl/N-ethyl adjacent to an activating group) is 1. The van der Waals surface area contributed by atoms with Gasteiger partial charge in [0.15, 0.2) is 0 Å². The fourth-order valence-corrected chi connectivity index (χ4v) is 3.39. The van der Waals surface area contributed by atoms with Crippen molar-refractivity contribution >= 4 is 39.1 Å². The third-order valence-corrected chi connectivity index (χ3v) is 4.68. The van der Waals surface area contributed by atoms with Crippen LogP contribution in [0.15, 0.2) is 24.4 Å². The topological polar surface area (TPSA) is 89.4 Å². The third kappa shape index (κ3) is 3.67. The Balaban J connectivity index is 1.67. The maximum atomic E-state index is 12.5. The van der Waals surface area contributed by atoms with E-state index in [9.17, 15) is 9.59 Å². The molecule has 2 aromatic heterocycles. The van der Waals surface area contributed by atoms with Crippen LogP contribution in [-0.2, 0) is 11.8 Å². The van der Waals surface area contributed by atoms with E-state index in [4.69, 9.17) is 4.74 Å². The van der Waals surface area contributed by atoms with Gasteiger partial charge in [-0.1, -0.05) is 0 Å². The first kappa shape index (κ1) is 17.9. The maximum Gasteiger partial charge on any atom is 0.261 e. The minimum atomic E-state index is -0.337. The molecule has 136 valence electrons. The molecule has 8 nitrogen and oxygen atoms in total. The third-order valence-electron chi connectivity index (χ3n) is 3.72. The van der Waals surface area contributed by atoms with E-state index in [0.29, 0.717) is 11.3 Å². The van der Waals surface area contributed by atoms with Crippen LogP contribution in [0.2, 0.25) is 0 Å². The summed E-state index contributed by atoms with van der Waals surface area (Å²) < 4.78 is 7.65. The quantitative estimate of drug-likeness (QED) is 0.739. The summed E-state index contributed by atoms with van der Waals surface area (Å²) in [6, 6.07) is 5.57. The van der Waals surface area contributed by atoms with E-state index in [1.54, 1.807) is 31.6 Å². The second kappa shape index (κ2) is 7.12. The number of nitrogens with one attached hydrogen (secondary N) is 1. The number of benzene rings is 1. The molecule has 3 rings (SSSR count). The number of methoxy groups -OCH3 is 1. The molecule has 0 spiro atoms. The summed E-state index contributed by atoms with van der Waals surface area (Å²) in [6.07, 6.45) is 1.56. The van der Waals surface area contributed by atoms with Crippen LogP contribution < -0.4 is 10.1 Å². The zero-order chi connectivity index (χ0) is 18.8. The van der Waals surface area contributed by atoms with Gasteiger partial charge < -0.3 is 15.0 Å². The highest BCUT2D eigenvalue weighted by Gasteiger charge is 2.21. The number of carbonyl (C=O) groups is 2. The second-order valence-electron chi connectivity index (χ2n) is 5.85. The molecule has 0 aliphatic heterocycles. The maximum absolute atomic E-state index is 12.5. The van der Waals surface area contributed by atoms with Crippen molar-refractivity contribution in [2.75, 3.05) is 26.0 Å². The summed E-state index contributed by atoms with van der Waals surface area (Å²) in [7, 11) is 4.70. The Morgan fingerprint density at radius 1 is 1.38 bits per heavy atom. The van der Waals surface area contributed by atoms with E-state index in [1.807, 2.05) is 25.1 Å². The molecule has 0 fully saturated rings. The van der Waals surface area contributed by atoms with E-state index in [2.05, 4.69) is 15.4 Å². The van der Waals surface area contributed by atoms with E-state index < -0.39 is 0 Å². The van der Waals surface area contributed by atoms with Gasteiger partial charge in [-0.3, -0.25) is 14.3 Å². The highest BCUT2D eigenvalue weighted by molar-refractivity contribution is 7.18. The average molecular weight is 373 g/mol. The van der Waals surface area contributed by atoms with Crippen LogP contribution in [0.3, 0.4) is 0 Å². The fourth-order valence-electron chi connectivity index (χ4n) is 2.58. The first-order valence-corrected chi connectivity index (χ1v) is 8.69. The fraction of sp³-hybridized carbons (Fsp3) is 0.294. The van der Waals surface area contributed by atoms with Gasteiger partial charge >= 0.3 is 0 Å². The molecule has 2 amide bonds. The molecule has 26 heavy (non-hydrogen) atoms. The minimum Gasteiger partial charge on any atom is -0.479 e. The van der Waals surface area contributed by atoms with Crippen molar-refractivity contribution in [2.24, 2.45) is 7.05 Å². The van der Waals surface area contributed by atoms with E-state index >= 15 is 0 Å². The largest absolute Gasteiger partial charge is 0.479 e. The number of carbonyl (C=O) groups excluding carboxylic acids is 2. The molecule has 0 unspecified atom stereocenters. The van der Waals surface area contributed by atoms with Crippen molar-refractivity contribution < 1.29 is 14.3 Å². The number of ether oxygens (including phenoxy) is 1. The predicted molar refractivity (Wildman–Crippen MR) is 99.7 cm³/mol. The number of hydrogen-bond acceptors (Lipinski definition) is 6. The standard InChI is InChI=1S/C17H19N5O3S/c1-10-18-13-7-11(5-6-14(13)26-10)19-15(23)9-21(2)17(24)12-8-22(3)20-16(12)25-4/h5-8H,9H2,1-4H3,(H,19,23). The predicted octanol–water partition coefficient (Wildman–Crippen LogP) is 2.06. The number of rotatable bonds is 5. The van der Waals surface area contributed by atoms with Crippen LogP contribution in [0, 0.1) is 6.92 Å². The zero-order valence-electron chi connectivity index (χ0n) is 14.9. The average Bonchev–Trinajstić information content (AvgIpc) is 3.14. The molecule has 0 bridgehead atoms. The number of fused-ring (bicyclic) bond motifs is 1. The zero-order valence-corrected chi connectivity index (χ0v) is 15.8. The number of anilines is 1. The Hall–Kier alpha value is -2.94. The Kier molecular flexibility index (Phi) is 4.90. The highest BCUT2D eigenvalue weighted by atomic mass is 32.1. The lowest BCUT2D eigenvalue weighted by Crippen LogP contribution is -2.35. The molecular weight excluding hydrogens is 354 g/mol. The van der Waals surface area contributed by atoms with Gasteiger partial charge in [0, 0.05) is 26.0 Å². The number of aryl methyl sites for hydroxylation is 2. The molecule has 0 saturated heterocycles. The normalized spacial score (nSPS) is 10.8. The van der Waals surface area contributed by atoms with Crippen molar-refractivity contribution in [3.05, 3.63) is 35.0 Å². The molecule has 0 radical (unpaired) electrons. The van der Waals surface area contributed by atoms with Crippen LogP contribution in [0.4, 0.5) is 5.69 Å². The number of thiazole rings is 1. The number of aromatic nitrogens is 3. The van der Waals surface area contributed by atoms with Gasteiger partial charge in [0.1, 0.15) is 5.56 Å². The van der Waals surface area contributed by atoms with Crippen LogP contribution in [-0.4, -0.2) is 52.2 Å². The SMILES string of the molecule is COc1nn(C)cc1C(=O)N(C)CC(=O)Nc1ccc2sc(C)nc2c1. The summed E-state index contributed by atoms with van der Waals surface area (Å²) in [5.41, 5.74) is 1.80. The Morgan fingerprint density at radius 2 is 2.15 bits per heavy atom. The lowest BCUT2D eigenvalue weighted by atomic mass is 10.3. The lowest BCUT2D eigenvalue weighted by molar-refractivity contribution is -0.116. The van der Waals surface area contributed by atoms with Gasteiger partial charge in [-0.15, -0.1) is 16.4 Å². The second-order valence-corrected chi connectivity index (χ2v) is 7.09. The van der Waals surface area contributed by atoms with E-state index in [1.165, 1.54) is 16.7 Å². The van der Waals surface area contributed by atoms with Crippen molar-refractivity contribution in [3.63, 3.8) is 0 Å². The first-order valence-electron chi connectivity index (χ1n) is 7.87. The minimum absolute atomic E-state index is 0.0922. The molecule has 1 aromatic carbocycles. The number of hydrogen-bond donors (Lipinski definition) is 1. The van der Waals surface area contributed by atoms with E-state index in [-0.39, 0.29) is 24.2 Å². The summed E-state index contributed by atoms with van der Waals surface area (Å²) in [5.74, 6) is -0.403. The monoisotopic (exact) mass is 373 g/mol. The molecule has 2 heterocycles. The summed E-state index contributed by atoms with van der Waals surface area (Å²) in [5, 5.41) is 7.82. The highest BCUT2D eigenvalue weighted by Crippen LogP contribution is 2.24. The molecule has 0 aliphatic rings. The number of amides is 2. The van der Waals surface area contributed by atoms with Gasteiger partial charge in [-0.25, -0.2) is 4.98 Å². The molecule has 0 saturated carbocycles. The van der Waals surface area contributed by atoms with Gasteiger partial charge in [0.05, 0.1) is 28.9 Å². The molecule has 9 heteroatoms. The van der Waals surface area contributed by atoms with Gasteiger partial charge in [-0.2, -0.15) is 0 Å². The Bertz CT molecular complexity index is 978. The Morgan fingerprint density at radius 3 is 2.88 bits per heavy atom. The van der Waals surface area contributed by atoms with Crippen molar-refractivity contribution in [3.8, 4) is 5.88 Å². The molecule has 0 aliphatic carbocycles. The molecule has 3 aromatic rings. The first-order chi connectivity index (χ1) is 12.4. The van der Waals surface area contributed by atoms with Crippen molar-refractivity contribution in [1.29, 1.82) is 0 Å². The van der Waals surface area contributed by atoms with Gasteiger partial charge in [0.2, 0.25) is 11.8 Å². The Labute approximate surface area is 154 Å². The smallest absolute Gasteiger partial charge is 0.261 e.